The van der Waals surface area contributed by atoms with Crippen molar-refractivity contribution in [2.75, 3.05) is 0 Å². The monoisotopic (exact) mass is 251 g/mol. The summed E-state index contributed by atoms with van der Waals surface area (Å²) in [5.41, 5.74) is 1.73. The number of hydrogen-bond donors (Lipinski definition) is 0. The third kappa shape index (κ3) is 2.50. The van der Waals surface area contributed by atoms with Crippen LogP contribution in [0.3, 0.4) is 0 Å². The van der Waals surface area contributed by atoms with E-state index in [2.05, 4.69) is 21.9 Å². The molecule has 19 heavy (non-hydrogen) atoms. The molecule has 0 aliphatic carbocycles. The smallest absolute Gasteiger partial charge is 0.196 e. The van der Waals surface area contributed by atoms with Gasteiger partial charge in [0.15, 0.2) is 11.5 Å². The topological polar surface area (TPSA) is 43.9 Å². The Balaban J connectivity index is 1.67. The largest absolute Gasteiger partial charge is 0.441 e. The number of para-hydroxylation sites is 2. The van der Waals surface area contributed by atoms with Crippen LogP contribution in [0.5, 0.6) is 0 Å². The number of imidazole rings is 1. The molecule has 4 nitrogen and oxygen atoms in total. The van der Waals surface area contributed by atoms with Crippen LogP contribution in [0.1, 0.15) is 18.1 Å². The molecule has 0 saturated carbocycles. The first-order valence-electron chi connectivity index (χ1n) is 6.16. The molecular weight excluding hydrogens is 238 g/mol. The number of aromatic nitrogens is 3. The summed E-state index contributed by atoms with van der Waals surface area (Å²) < 4.78 is 7.44. The van der Waals surface area contributed by atoms with Crippen molar-refractivity contribution < 1.29 is 4.42 Å². The Morgan fingerprint density at radius 1 is 1.32 bits per heavy atom. The molecule has 2 heterocycles. The average molecular weight is 251 g/mol. The standard InChI is InChI=1S/C15H13N3O/c1-12-16-9-11-18(12)10-5-4-8-15-17-13-6-2-3-7-14(13)19-15/h2-3,6-7,9,11H,4,8H2,1H3. The quantitative estimate of drug-likeness (QED) is 0.658. The minimum atomic E-state index is 0.713. The van der Waals surface area contributed by atoms with Gasteiger partial charge >= 0.3 is 0 Å². The van der Waals surface area contributed by atoms with Crippen LogP contribution in [0.25, 0.3) is 11.1 Å². The zero-order valence-corrected chi connectivity index (χ0v) is 10.6. The summed E-state index contributed by atoms with van der Waals surface area (Å²) in [6.07, 6.45) is 5.02. The minimum Gasteiger partial charge on any atom is -0.441 e. The van der Waals surface area contributed by atoms with Crippen molar-refractivity contribution in [2.45, 2.75) is 19.8 Å². The van der Waals surface area contributed by atoms with E-state index in [-0.39, 0.29) is 0 Å². The zero-order chi connectivity index (χ0) is 13.1. The minimum absolute atomic E-state index is 0.713. The number of fused-ring (bicyclic) bond motifs is 1. The van der Waals surface area contributed by atoms with Crippen molar-refractivity contribution in [2.24, 2.45) is 0 Å². The Morgan fingerprint density at radius 2 is 2.21 bits per heavy atom. The molecular formula is C15H13N3O. The molecule has 0 amide bonds. The van der Waals surface area contributed by atoms with Gasteiger partial charge in [-0.25, -0.2) is 9.97 Å². The van der Waals surface area contributed by atoms with Gasteiger partial charge in [0.1, 0.15) is 11.3 Å². The molecule has 0 saturated heterocycles. The predicted molar refractivity (Wildman–Crippen MR) is 72.5 cm³/mol. The third-order valence-corrected chi connectivity index (χ3v) is 2.83. The fourth-order valence-corrected chi connectivity index (χ4v) is 1.83. The lowest BCUT2D eigenvalue weighted by Gasteiger charge is -1.90. The molecule has 0 spiro atoms. The number of oxazole rings is 1. The molecule has 94 valence electrons. The number of rotatable bonds is 2. The van der Waals surface area contributed by atoms with E-state index in [0.717, 1.165) is 29.2 Å². The summed E-state index contributed by atoms with van der Waals surface area (Å²) in [5.74, 6) is 4.73. The summed E-state index contributed by atoms with van der Waals surface area (Å²) in [7, 11) is 0. The van der Waals surface area contributed by atoms with Crippen LogP contribution < -0.4 is 0 Å². The van der Waals surface area contributed by atoms with Crippen LogP contribution >= 0.6 is 0 Å². The Hall–Kier alpha value is -2.54. The molecule has 3 aromatic rings. The van der Waals surface area contributed by atoms with Gasteiger partial charge in [0.25, 0.3) is 0 Å². The summed E-state index contributed by atoms with van der Waals surface area (Å²) >= 11 is 0. The van der Waals surface area contributed by atoms with E-state index in [1.54, 1.807) is 6.20 Å². The maximum Gasteiger partial charge on any atom is 0.196 e. The number of aryl methyl sites for hydroxylation is 2. The van der Waals surface area contributed by atoms with Gasteiger partial charge in [-0.3, -0.25) is 4.57 Å². The molecule has 0 unspecified atom stereocenters. The number of hydrogen-bond acceptors (Lipinski definition) is 3. The Kier molecular flexibility index (Phi) is 3.03. The van der Waals surface area contributed by atoms with Gasteiger partial charge in [-0.2, -0.15) is 0 Å². The highest BCUT2D eigenvalue weighted by atomic mass is 16.3. The van der Waals surface area contributed by atoms with Crippen molar-refractivity contribution in [3.63, 3.8) is 0 Å². The average Bonchev–Trinajstić information content (AvgIpc) is 3.00. The molecule has 0 atom stereocenters. The van der Waals surface area contributed by atoms with Gasteiger partial charge in [-0.05, 0) is 19.1 Å². The molecule has 0 bridgehead atoms. The van der Waals surface area contributed by atoms with Crippen molar-refractivity contribution in [1.29, 1.82) is 0 Å². The van der Waals surface area contributed by atoms with Gasteiger partial charge < -0.3 is 4.42 Å². The SMILES string of the molecule is Cc1nccn1C#CCCc1nc2ccccc2o1. The lowest BCUT2D eigenvalue weighted by Crippen LogP contribution is -1.90. The fraction of sp³-hybridized carbons (Fsp3) is 0.200. The van der Waals surface area contributed by atoms with Crippen LogP contribution in [-0.4, -0.2) is 14.5 Å². The van der Waals surface area contributed by atoms with Crippen LogP contribution in [0.2, 0.25) is 0 Å². The second-order valence-corrected chi connectivity index (χ2v) is 4.21. The summed E-state index contributed by atoms with van der Waals surface area (Å²) in [6.45, 7) is 1.93. The lowest BCUT2D eigenvalue weighted by molar-refractivity contribution is 0.531. The second kappa shape index (κ2) is 4.99. The number of nitrogens with zero attached hydrogens (tertiary/aromatic N) is 3. The summed E-state index contributed by atoms with van der Waals surface area (Å²) in [5, 5.41) is 0. The molecule has 0 aliphatic heterocycles. The molecule has 0 fully saturated rings. The Morgan fingerprint density at radius 3 is 3.00 bits per heavy atom. The van der Waals surface area contributed by atoms with Crippen molar-refractivity contribution >= 4 is 11.1 Å². The van der Waals surface area contributed by atoms with Gasteiger partial charge in [0.2, 0.25) is 0 Å². The van der Waals surface area contributed by atoms with E-state index in [4.69, 9.17) is 4.42 Å². The highest BCUT2D eigenvalue weighted by Crippen LogP contribution is 2.15. The first-order chi connectivity index (χ1) is 9.33. The first kappa shape index (κ1) is 11.5. The summed E-state index contributed by atoms with van der Waals surface area (Å²) in [6, 6.07) is 10.8. The molecule has 0 radical (unpaired) electrons. The van der Waals surface area contributed by atoms with Crippen molar-refractivity contribution in [3.05, 3.63) is 48.4 Å². The van der Waals surface area contributed by atoms with E-state index in [1.165, 1.54) is 0 Å². The van der Waals surface area contributed by atoms with Crippen molar-refractivity contribution in [3.8, 4) is 12.0 Å². The van der Waals surface area contributed by atoms with E-state index in [0.29, 0.717) is 6.42 Å². The Bertz CT molecular complexity index is 725. The normalized spacial score (nSPS) is 10.4. The fourth-order valence-electron chi connectivity index (χ4n) is 1.83. The Labute approximate surface area is 111 Å². The molecule has 0 N–H and O–H groups in total. The van der Waals surface area contributed by atoms with Crippen molar-refractivity contribution in [1.82, 2.24) is 14.5 Å². The highest BCUT2D eigenvalue weighted by molar-refractivity contribution is 5.72. The van der Waals surface area contributed by atoms with E-state index >= 15 is 0 Å². The van der Waals surface area contributed by atoms with E-state index < -0.39 is 0 Å². The van der Waals surface area contributed by atoms with Crippen LogP contribution in [-0.2, 0) is 6.42 Å². The zero-order valence-electron chi connectivity index (χ0n) is 10.6. The second-order valence-electron chi connectivity index (χ2n) is 4.21. The van der Waals surface area contributed by atoms with Gasteiger partial charge in [-0.1, -0.05) is 18.1 Å². The first-order valence-corrected chi connectivity index (χ1v) is 6.16. The number of benzene rings is 1. The molecule has 2 aromatic heterocycles. The highest BCUT2D eigenvalue weighted by Gasteiger charge is 2.03. The van der Waals surface area contributed by atoms with Crippen LogP contribution in [0.4, 0.5) is 0 Å². The lowest BCUT2D eigenvalue weighted by atomic mass is 10.3. The van der Waals surface area contributed by atoms with E-state index in [9.17, 15) is 0 Å². The van der Waals surface area contributed by atoms with Gasteiger partial charge in [0, 0.05) is 31.3 Å². The molecule has 3 rings (SSSR count). The third-order valence-electron chi connectivity index (χ3n) is 2.83. The van der Waals surface area contributed by atoms with Crippen LogP contribution in [0, 0.1) is 18.9 Å². The van der Waals surface area contributed by atoms with Gasteiger partial charge in [-0.15, -0.1) is 0 Å². The van der Waals surface area contributed by atoms with E-state index in [1.807, 2.05) is 42.0 Å². The molecule has 0 aliphatic rings. The van der Waals surface area contributed by atoms with Crippen LogP contribution in [0.15, 0.2) is 41.1 Å². The summed E-state index contributed by atoms with van der Waals surface area (Å²) in [4.78, 5) is 8.52. The maximum atomic E-state index is 5.63. The van der Waals surface area contributed by atoms with Gasteiger partial charge in [0.05, 0.1) is 0 Å². The molecule has 1 aromatic carbocycles. The maximum absolute atomic E-state index is 5.63. The molecule has 4 heteroatoms. The predicted octanol–water partition coefficient (Wildman–Crippen LogP) is 2.77.